The Kier molecular flexibility index (Phi) is 4.85. The second kappa shape index (κ2) is 7.05. The van der Waals surface area contributed by atoms with E-state index in [-0.39, 0.29) is 17.9 Å². The molecule has 24 heavy (non-hydrogen) atoms. The van der Waals surface area contributed by atoms with E-state index in [1.165, 1.54) is 0 Å². The Morgan fingerprint density at radius 2 is 2.17 bits per heavy atom. The molecule has 2 aromatic rings. The number of aryl methyl sites for hydroxylation is 2. The molecule has 0 spiro atoms. The highest BCUT2D eigenvalue weighted by Gasteiger charge is 2.24. The van der Waals surface area contributed by atoms with Crippen LogP contribution in [0, 0.1) is 0 Å². The topological polar surface area (TPSA) is 76.0 Å². The van der Waals surface area contributed by atoms with Crippen molar-refractivity contribution in [3.63, 3.8) is 0 Å². The van der Waals surface area contributed by atoms with Crippen molar-refractivity contribution in [1.29, 1.82) is 0 Å². The van der Waals surface area contributed by atoms with E-state index in [0.717, 1.165) is 18.4 Å². The number of amides is 2. The number of rotatable bonds is 6. The zero-order valence-corrected chi connectivity index (χ0v) is 14.1. The number of hydrogen-bond acceptors (Lipinski definition) is 3. The van der Waals surface area contributed by atoms with Gasteiger partial charge in [-0.2, -0.15) is 5.10 Å². The summed E-state index contributed by atoms with van der Waals surface area (Å²) in [5, 5.41) is 10.2. The number of carbonyl (C=O) groups is 2. The Labute approximate surface area is 145 Å². The highest BCUT2D eigenvalue weighted by molar-refractivity contribution is 6.34. The van der Waals surface area contributed by atoms with Crippen LogP contribution in [-0.4, -0.2) is 27.6 Å². The molecule has 0 saturated heterocycles. The number of anilines is 1. The quantitative estimate of drug-likeness (QED) is 0.844. The Balaban J connectivity index is 1.59. The fourth-order valence-corrected chi connectivity index (χ4v) is 2.55. The van der Waals surface area contributed by atoms with Gasteiger partial charge < -0.3 is 10.6 Å². The zero-order valence-electron chi connectivity index (χ0n) is 13.4. The van der Waals surface area contributed by atoms with Gasteiger partial charge in [0.2, 0.25) is 5.91 Å². The van der Waals surface area contributed by atoms with Gasteiger partial charge in [-0.25, -0.2) is 0 Å². The molecule has 1 fully saturated rings. The van der Waals surface area contributed by atoms with Gasteiger partial charge in [0.15, 0.2) is 0 Å². The summed E-state index contributed by atoms with van der Waals surface area (Å²) in [6.07, 6.45) is 6.61. The van der Waals surface area contributed by atoms with E-state index in [1.807, 2.05) is 13.2 Å². The molecule has 0 atom stereocenters. The third-order valence-corrected chi connectivity index (χ3v) is 4.14. The van der Waals surface area contributed by atoms with Crippen LogP contribution in [-0.2, 0) is 18.3 Å². The van der Waals surface area contributed by atoms with Crippen molar-refractivity contribution >= 4 is 29.1 Å². The van der Waals surface area contributed by atoms with E-state index < -0.39 is 0 Å². The predicted molar refractivity (Wildman–Crippen MR) is 92.1 cm³/mol. The fourth-order valence-electron chi connectivity index (χ4n) is 2.35. The van der Waals surface area contributed by atoms with Crippen LogP contribution in [0.15, 0.2) is 30.6 Å². The van der Waals surface area contributed by atoms with E-state index in [9.17, 15) is 9.59 Å². The van der Waals surface area contributed by atoms with Crippen molar-refractivity contribution in [2.45, 2.75) is 31.7 Å². The highest BCUT2D eigenvalue weighted by Crippen LogP contribution is 2.24. The van der Waals surface area contributed by atoms with Gasteiger partial charge in [0.05, 0.1) is 16.8 Å². The van der Waals surface area contributed by atoms with Gasteiger partial charge in [-0.3, -0.25) is 14.3 Å². The van der Waals surface area contributed by atoms with Crippen molar-refractivity contribution < 1.29 is 9.59 Å². The van der Waals surface area contributed by atoms with Crippen molar-refractivity contribution in [3.8, 4) is 0 Å². The van der Waals surface area contributed by atoms with E-state index in [0.29, 0.717) is 29.1 Å². The number of carbonyl (C=O) groups excluding carboxylic acids is 2. The van der Waals surface area contributed by atoms with Crippen molar-refractivity contribution in [1.82, 2.24) is 15.1 Å². The van der Waals surface area contributed by atoms with Crippen LogP contribution in [0.4, 0.5) is 5.69 Å². The summed E-state index contributed by atoms with van der Waals surface area (Å²) in [5.41, 5.74) is 1.96. The van der Waals surface area contributed by atoms with Gasteiger partial charge in [-0.1, -0.05) is 11.6 Å². The summed E-state index contributed by atoms with van der Waals surface area (Å²) < 4.78 is 1.71. The second-order valence-electron chi connectivity index (χ2n) is 6.01. The van der Waals surface area contributed by atoms with Crippen LogP contribution >= 0.6 is 11.6 Å². The van der Waals surface area contributed by atoms with Gasteiger partial charge in [-0.15, -0.1) is 0 Å². The minimum absolute atomic E-state index is 0.116. The molecule has 0 aliphatic heterocycles. The van der Waals surface area contributed by atoms with Crippen molar-refractivity contribution in [2.24, 2.45) is 7.05 Å². The molecule has 3 rings (SSSR count). The van der Waals surface area contributed by atoms with E-state index >= 15 is 0 Å². The zero-order chi connectivity index (χ0) is 17.1. The lowest BCUT2D eigenvalue weighted by Crippen LogP contribution is -2.25. The van der Waals surface area contributed by atoms with Crippen LogP contribution in [0.2, 0.25) is 5.02 Å². The maximum Gasteiger partial charge on any atom is 0.253 e. The molecule has 1 aliphatic rings. The molecule has 7 heteroatoms. The molecule has 1 aliphatic carbocycles. The maximum atomic E-state index is 12.1. The normalized spacial score (nSPS) is 13.6. The summed E-state index contributed by atoms with van der Waals surface area (Å²) in [6.45, 7) is 0. The summed E-state index contributed by atoms with van der Waals surface area (Å²) >= 11 is 6.09. The summed E-state index contributed by atoms with van der Waals surface area (Å²) in [5.74, 6) is -0.316. The minimum atomic E-state index is -0.200. The average molecular weight is 347 g/mol. The average Bonchev–Trinajstić information content (AvgIpc) is 3.26. The van der Waals surface area contributed by atoms with Gasteiger partial charge in [0, 0.05) is 31.4 Å². The number of aromatic nitrogens is 2. The van der Waals surface area contributed by atoms with Crippen LogP contribution in [0.25, 0.3) is 0 Å². The van der Waals surface area contributed by atoms with Crippen LogP contribution < -0.4 is 10.6 Å². The molecule has 1 heterocycles. The van der Waals surface area contributed by atoms with E-state index in [4.69, 9.17) is 11.6 Å². The monoisotopic (exact) mass is 346 g/mol. The third kappa shape index (κ3) is 4.35. The molecule has 2 amide bonds. The molecule has 6 nitrogen and oxygen atoms in total. The third-order valence-electron chi connectivity index (χ3n) is 3.81. The largest absolute Gasteiger partial charge is 0.349 e. The van der Waals surface area contributed by atoms with Gasteiger partial charge >= 0.3 is 0 Å². The van der Waals surface area contributed by atoms with Crippen molar-refractivity contribution in [2.75, 3.05) is 5.32 Å². The van der Waals surface area contributed by atoms with Crippen LogP contribution in [0.1, 0.15) is 35.2 Å². The first-order chi connectivity index (χ1) is 11.5. The van der Waals surface area contributed by atoms with Gasteiger partial charge in [0.25, 0.3) is 5.91 Å². The summed E-state index contributed by atoms with van der Waals surface area (Å²) in [4.78, 5) is 24.2. The molecule has 0 radical (unpaired) electrons. The number of benzene rings is 1. The molecular formula is C17H19ClN4O2. The molecule has 1 saturated carbocycles. The number of halogens is 1. The van der Waals surface area contributed by atoms with Crippen LogP contribution in [0.3, 0.4) is 0 Å². The molecule has 126 valence electrons. The lowest BCUT2D eigenvalue weighted by molar-refractivity contribution is -0.116. The maximum absolute atomic E-state index is 12.1. The van der Waals surface area contributed by atoms with Crippen molar-refractivity contribution in [3.05, 3.63) is 46.7 Å². The number of hydrogen-bond donors (Lipinski definition) is 2. The smallest absolute Gasteiger partial charge is 0.253 e. The lowest BCUT2D eigenvalue weighted by Gasteiger charge is -2.09. The molecular weight excluding hydrogens is 328 g/mol. The number of nitrogens with one attached hydrogen (secondary N) is 2. The van der Waals surface area contributed by atoms with Gasteiger partial charge in [0.1, 0.15) is 0 Å². The Morgan fingerprint density at radius 1 is 1.38 bits per heavy atom. The molecule has 0 unspecified atom stereocenters. The Hall–Kier alpha value is -2.34. The molecule has 1 aromatic carbocycles. The van der Waals surface area contributed by atoms with E-state index in [2.05, 4.69) is 15.7 Å². The molecule has 1 aromatic heterocycles. The second-order valence-corrected chi connectivity index (χ2v) is 6.42. The highest BCUT2D eigenvalue weighted by atomic mass is 35.5. The summed E-state index contributed by atoms with van der Waals surface area (Å²) in [7, 11) is 1.84. The number of nitrogens with zero attached hydrogens (tertiary/aromatic N) is 2. The fraction of sp³-hybridized carbons (Fsp3) is 0.353. The van der Waals surface area contributed by atoms with Gasteiger partial charge in [-0.05, 0) is 43.0 Å². The lowest BCUT2D eigenvalue weighted by atomic mass is 10.1. The SMILES string of the molecule is Cn1cc(CCC(=O)Nc2ccc(Cl)c(C(=O)NC3CC3)c2)cn1. The van der Waals surface area contributed by atoms with Crippen LogP contribution in [0.5, 0.6) is 0 Å². The first-order valence-electron chi connectivity index (χ1n) is 7.89. The standard InChI is InChI=1S/C17H19ClN4O2/c1-22-10-11(9-19-22)2-7-16(23)20-13-5-6-15(18)14(8-13)17(24)21-12-3-4-12/h5-6,8-10,12H,2-4,7H2,1H3,(H,20,23)(H,21,24). The molecule has 0 bridgehead atoms. The first kappa shape index (κ1) is 16.5. The predicted octanol–water partition coefficient (Wildman–Crippen LogP) is 2.54. The Morgan fingerprint density at radius 3 is 2.83 bits per heavy atom. The molecule has 2 N–H and O–H groups in total. The minimum Gasteiger partial charge on any atom is -0.349 e. The Bertz CT molecular complexity index is 768. The van der Waals surface area contributed by atoms with E-state index in [1.54, 1.807) is 29.1 Å². The first-order valence-corrected chi connectivity index (χ1v) is 8.27. The summed E-state index contributed by atoms with van der Waals surface area (Å²) in [6, 6.07) is 5.19.